The Morgan fingerprint density at radius 3 is 2.40 bits per heavy atom. The van der Waals surface area contributed by atoms with Gasteiger partial charge in [-0.3, -0.25) is 0 Å². The molecule has 2 heteroatoms. The molecule has 1 atom stereocenters. The molecule has 20 heavy (non-hydrogen) atoms. The van der Waals surface area contributed by atoms with E-state index in [1.807, 2.05) is 12.1 Å². The first-order valence-electron chi connectivity index (χ1n) is 7.24. The SMILES string of the molecule is CCCNC(Cc1ccc(C)cc1)c1ccccc1Cl. The molecule has 2 rings (SSSR count). The van der Waals surface area contributed by atoms with Crippen LogP contribution in [-0.2, 0) is 6.42 Å². The molecule has 0 saturated carbocycles. The highest BCUT2D eigenvalue weighted by molar-refractivity contribution is 6.31. The first-order valence-corrected chi connectivity index (χ1v) is 7.62. The van der Waals surface area contributed by atoms with Crippen LogP contribution in [0.25, 0.3) is 0 Å². The van der Waals surface area contributed by atoms with Crippen molar-refractivity contribution < 1.29 is 0 Å². The van der Waals surface area contributed by atoms with E-state index in [2.05, 4.69) is 55.6 Å². The van der Waals surface area contributed by atoms with Gasteiger partial charge in [0.2, 0.25) is 0 Å². The number of hydrogen-bond donors (Lipinski definition) is 1. The van der Waals surface area contributed by atoms with E-state index >= 15 is 0 Å². The van der Waals surface area contributed by atoms with Gasteiger partial charge in [-0.2, -0.15) is 0 Å². The second-order valence-corrected chi connectivity index (χ2v) is 5.63. The van der Waals surface area contributed by atoms with Gasteiger partial charge >= 0.3 is 0 Å². The lowest BCUT2D eigenvalue weighted by atomic mass is 9.98. The fourth-order valence-corrected chi connectivity index (χ4v) is 2.60. The first-order chi connectivity index (χ1) is 9.70. The predicted octanol–water partition coefficient (Wildman–Crippen LogP) is 4.93. The summed E-state index contributed by atoms with van der Waals surface area (Å²) in [7, 11) is 0. The highest BCUT2D eigenvalue weighted by atomic mass is 35.5. The van der Waals surface area contributed by atoms with Crippen LogP contribution in [0.1, 0.15) is 36.1 Å². The second-order valence-electron chi connectivity index (χ2n) is 5.22. The van der Waals surface area contributed by atoms with E-state index in [1.165, 1.54) is 16.7 Å². The normalized spacial score (nSPS) is 12.3. The van der Waals surface area contributed by atoms with Crippen LogP contribution >= 0.6 is 11.6 Å². The third kappa shape index (κ3) is 4.09. The zero-order chi connectivity index (χ0) is 14.4. The van der Waals surface area contributed by atoms with Crippen LogP contribution in [0.5, 0.6) is 0 Å². The summed E-state index contributed by atoms with van der Waals surface area (Å²) in [4.78, 5) is 0. The molecule has 106 valence electrons. The van der Waals surface area contributed by atoms with E-state index in [0.717, 1.165) is 24.4 Å². The Bertz CT molecular complexity index is 533. The van der Waals surface area contributed by atoms with Gasteiger partial charge < -0.3 is 5.32 Å². The standard InChI is InChI=1S/C18H22ClN/c1-3-12-20-18(16-6-4-5-7-17(16)19)13-15-10-8-14(2)9-11-15/h4-11,18,20H,3,12-13H2,1-2H3. The third-order valence-corrected chi connectivity index (χ3v) is 3.83. The van der Waals surface area contributed by atoms with Gasteiger partial charge in [-0.15, -0.1) is 0 Å². The van der Waals surface area contributed by atoms with Crippen LogP contribution in [0.3, 0.4) is 0 Å². The summed E-state index contributed by atoms with van der Waals surface area (Å²) in [6.45, 7) is 5.30. The molecule has 0 aliphatic carbocycles. The molecule has 0 aliphatic rings. The maximum Gasteiger partial charge on any atom is 0.0453 e. The summed E-state index contributed by atoms with van der Waals surface area (Å²) in [5.74, 6) is 0. The number of nitrogens with one attached hydrogen (secondary N) is 1. The number of benzene rings is 2. The smallest absolute Gasteiger partial charge is 0.0453 e. The Morgan fingerprint density at radius 1 is 1.05 bits per heavy atom. The van der Waals surface area contributed by atoms with Gasteiger partial charge in [-0.1, -0.05) is 66.6 Å². The number of halogens is 1. The van der Waals surface area contributed by atoms with Crippen LogP contribution in [-0.4, -0.2) is 6.54 Å². The van der Waals surface area contributed by atoms with Gasteiger partial charge in [-0.25, -0.2) is 0 Å². The summed E-state index contributed by atoms with van der Waals surface area (Å²) >= 11 is 6.35. The van der Waals surface area contributed by atoms with E-state index in [-0.39, 0.29) is 6.04 Å². The maximum atomic E-state index is 6.35. The Hall–Kier alpha value is -1.31. The molecule has 0 bridgehead atoms. The highest BCUT2D eigenvalue weighted by Gasteiger charge is 2.14. The van der Waals surface area contributed by atoms with E-state index < -0.39 is 0 Å². The van der Waals surface area contributed by atoms with E-state index in [0.29, 0.717) is 0 Å². The van der Waals surface area contributed by atoms with Gasteiger partial charge in [0.1, 0.15) is 0 Å². The minimum absolute atomic E-state index is 0.270. The van der Waals surface area contributed by atoms with Crippen LogP contribution in [0.15, 0.2) is 48.5 Å². The minimum atomic E-state index is 0.270. The molecule has 0 aliphatic heterocycles. The molecule has 1 N–H and O–H groups in total. The van der Waals surface area contributed by atoms with Crippen molar-refractivity contribution in [3.63, 3.8) is 0 Å². The van der Waals surface area contributed by atoms with Crippen molar-refractivity contribution >= 4 is 11.6 Å². The van der Waals surface area contributed by atoms with Crippen molar-refractivity contribution in [1.29, 1.82) is 0 Å². The molecule has 2 aromatic rings. The summed E-state index contributed by atoms with van der Waals surface area (Å²) in [5, 5.41) is 4.45. The fourth-order valence-electron chi connectivity index (χ4n) is 2.33. The maximum absolute atomic E-state index is 6.35. The topological polar surface area (TPSA) is 12.0 Å². The molecule has 0 radical (unpaired) electrons. The Labute approximate surface area is 127 Å². The lowest BCUT2D eigenvalue weighted by Gasteiger charge is -2.20. The third-order valence-electron chi connectivity index (χ3n) is 3.48. The number of rotatable bonds is 6. The van der Waals surface area contributed by atoms with Crippen molar-refractivity contribution in [1.82, 2.24) is 5.32 Å². The van der Waals surface area contributed by atoms with Crippen molar-refractivity contribution in [3.8, 4) is 0 Å². The molecule has 0 saturated heterocycles. The van der Waals surface area contributed by atoms with Crippen LogP contribution in [0.2, 0.25) is 5.02 Å². The highest BCUT2D eigenvalue weighted by Crippen LogP contribution is 2.25. The van der Waals surface area contributed by atoms with Gasteiger partial charge in [0.25, 0.3) is 0 Å². The first kappa shape index (κ1) is 15.1. The van der Waals surface area contributed by atoms with Gasteiger partial charge in [0, 0.05) is 11.1 Å². The van der Waals surface area contributed by atoms with Crippen molar-refractivity contribution in [2.45, 2.75) is 32.7 Å². The van der Waals surface area contributed by atoms with Gasteiger partial charge in [0.05, 0.1) is 0 Å². The van der Waals surface area contributed by atoms with Crippen molar-refractivity contribution in [2.75, 3.05) is 6.54 Å². The van der Waals surface area contributed by atoms with E-state index in [1.54, 1.807) is 0 Å². The number of aryl methyl sites for hydroxylation is 1. The lowest BCUT2D eigenvalue weighted by Crippen LogP contribution is -2.24. The molecule has 0 heterocycles. The molecular weight excluding hydrogens is 266 g/mol. The molecule has 0 fully saturated rings. The zero-order valence-electron chi connectivity index (χ0n) is 12.2. The minimum Gasteiger partial charge on any atom is -0.310 e. The lowest BCUT2D eigenvalue weighted by molar-refractivity contribution is 0.529. The summed E-state index contributed by atoms with van der Waals surface area (Å²) < 4.78 is 0. The average molecular weight is 288 g/mol. The van der Waals surface area contributed by atoms with Crippen molar-refractivity contribution in [3.05, 3.63) is 70.2 Å². The Kier molecular flexibility index (Phi) is 5.63. The largest absolute Gasteiger partial charge is 0.310 e. The molecule has 0 spiro atoms. The molecule has 0 amide bonds. The predicted molar refractivity (Wildman–Crippen MR) is 87.4 cm³/mol. The second kappa shape index (κ2) is 7.47. The van der Waals surface area contributed by atoms with Crippen LogP contribution in [0, 0.1) is 6.92 Å². The fraction of sp³-hybridized carbons (Fsp3) is 0.333. The summed E-state index contributed by atoms with van der Waals surface area (Å²) in [5.41, 5.74) is 3.82. The monoisotopic (exact) mass is 287 g/mol. The van der Waals surface area contributed by atoms with Gasteiger partial charge in [-0.05, 0) is 43.5 Å². The molecule has 0 aromatic heterocycles. The number of hydrogen-bond acceptors (Lipinski definition) is 1. The quantitative estimate of drug-likeness (QED) is 0.794. The van der Waals surface area contributed by atoms with Crippen LogP contribution in [0.4, 0.5) is 0 Å². The molecular formula is C18H22ClN. The molecule has 2 aromatic carbocycles. The summed E-state index contributed by atoms with van der Waals surface area (Å²) in [6, 6.07) is 17.1. The van der Waals surface area contributed by atoms with Crippen LogP contribution < -0.4 is 5.32 Å². The van der Waals surface area contributed by atoms with E-state index in [9.17, 15) is 0 Å². The zero-order valence-corrected chi connectivity index (χ0v) is 13.0. The van der Waals surface area contributed by atoms with Gasteiger partial charge in [0.15, 0.2) is 0 Å². The average Bonchev–Trinajstić information content (AvgIpc) is 2.46. The van der Waals surface area contributed by atoms with E-state index in [4.69, 9.17) is 11.6 Å². The Balaban J connectivity index is 2.19. The van der Waals surface area contributed by atoms with Crippen molar-refractivity contribution in [2.24, 2.45) is 0 Å². The molecule has 1 nitrogen and oxygen atoms in total. The Morgan fingerprint density at radius 2 is 1.75 bits per heavy atom. The summed E-state index contributed by atoms with van der Waals surface area (Å²) in [6.07, 6.45) is 2.08. The molecule has 1 unspecified atom stereocenters.